The lowest BCUT2D eigenvalue weighted by Crippen LogP contribution is -2.54. The lowest BCUT2D eigenvalue weighted by Gasteiger charge is -2.28. The molecule has 1 saturated carbocycles. The van der Waals surface area contributed by atoms with Gasteiger partial charge in [-0.15, -0.1) is 0 Å². The van der Waals surface area contributed by atoms with Crippen LogP contribution in [0.15, 0.2) is 0 Å². The summed E-state index contributed by atoms with van der Waals surface area (Å²) in [5.41, 5.74) is 0.347. The van der Waals surface area contributed by atoms with E-state index < -0.39 is 0 Å². The van der Waals surface area contributed by atoms with Crippen LogP contribution in [-0.4, -0.2) is 23.9 Å². The van der Waals surface area contributed by atoms with Crippen LogP contribution in [0.4, 0.5) is 0 Å². The van der Waals surface area contributed by atoms with Crippen molar-refractivity contribution in [2.24, 2.45) is 0 Å². The van der Waals surface area contributed by atoms with Crippen molar-refractivity contribution in [3.05, 3.63) is 0 Å². The first-order chi connectivity index (χ1) is 9.49. The van der Waals surface area contributed by atoms with Crippen molar-refractivity contribution in [3.8, 4) is 6.07 Å². The summed E-state index contributed by atoms with van der Waals surface area (Å²) in [4.78, 5) is 0. The predicted molar refractivity (Wildman–Crippen MR) is 84.1 cm³/mol. The lowest BCUT2D eigenvalue weighted by atomic mass is 10.1. The van der Waals surface area contributed by atoms with Gasteiger partial charge in [0.25, 0.3) is 0 Å². The van der Waals surface area contributed by atoms with E-state index >= 15 is 0 Å². The third kappa shape index (κ3) is 7.23. The smallest absolute Gasteiger partial charge is 0.0638 e. The molecule has 0 aromatic rings. The highest BCUT2D eigenvalue weighted by Gasteiger charge is 2.37. The zero-order valence-corrected chi connectivity index (χ0v) is 13.6. The molecule has 116 valence electrons. The monoisotopic (exact) mass is 280 g/mol. The highest BCUT2D eigenvalue weighted by molar-refractivity contribution is 4.98. The molecule has 0 bridgehead atoms. The van der Waals surface area contributed by atoms with Gasteiger partial charge in [-0.1, -0.05) is 26.2 Å². The third-order valence-electron chi connectivity index (χ3n) is 4.04. The molecule has 4 heteroatoms. The second-order valence-corrected chi connectivity index (χ2v) is 6.54. The number of nitriles is 1. The van der Waals surface area contributed by atoms with Crippen LogP contribution in [0.1, 0.15) is 72.6 Å². The van der Waals surface area contributed by atoms with E-state index in [4.69, 9.17) is 5.26 Å². The van der Waals surface area contributed by atoms with Gasteiger partial charge in [-0.05, 0) is 40.0 Å². The number of nitrogens with zero attached hydrogens (tertiary/aromatic N) is 1. The third-order valence-corrected chi connectivity index (χ3v) is 4.04. The summed E-state index contributed by atoms with van der Waals surface area (Å²) in [6.45, 7) is 8.78. The van der Waals surface area contributed by atoms with Crippen LogP contribution in [0.5, 0.6) is 0 Å². The molecule has 1 aliphatic rings. The Kier molecular flexibility index (Phi) is 7.50. The molecule has 1 rings (SSSR count). The van der Waals surface area contributed by atoms with Crippen molar-refractivity contribution < 1.29 is 0 Å². The van der Waals surface area contributed by atoms with Crippen LogP contribution in [0.25, 0.3) is 0 Å². The van der Waals surface area contributed by atoms with Crippen molar-refractivity contribution in [3.63, 3.8) is 0 Å². The molecule has 0 aromatic heterocycles. The quantitative estimate of drug-likeness (QED) is 0.402. The van der Waals surface area contributed by atoms with Crippen LogP contribution < -0.4 is 16.0 Å². The molecule has 0 spiro atoms. The van der Waals surface area contributed by atoms with Gasteiger partial charge in [0.1, 0.15) is 0 Å². The molecule has 3 N–H and O–H groups in total. The highest BCUT2D eigenvalue weighted by atomic mass is 15.2. The van der Waals surface area contributed by atoms with E-state index in [9.17, 15) is 0 Å². The van der Waals surface area contributed by atoms with Crippen molar-refractivity contribution in [2.45, 2.75) is 96.6 Å². The van der Waals surface area contributed by atoms with Crippen LogP contribution in [0.3, 0.4) is 0 Å². The average molecular weight is 280 g/mol. The Morgan fingerprint density at radius 2 is 1.85 bits per heavy atom. The maximum absolute atomic E-state index is 8.93. The molecule has 3 atom stereocenters. The molecule has 20 heavy (non-hydrogen) atoms. The summed E-state index contributed by atoms with van der Waals surface area (Å²) in [6, 6.07) is 2.60. The molecular formula is C16H32N4. The molecule has 4 nitrogen and oxygen atoms in total. The first-order valence-electron chi connectivity index (χ1n) is 8.16. The van der Waals surface area contributed by atoms with Gasteiger partial charge in [-0.2, -0.15) is 5.26 Å². The fourth-order valence-electron chi connectivity index (χ4n) is 2.67. The Morgan fingerprint density at radius 1 is 1.15 bits per heavy atom. The molecule has 1 fully saturated rings. The molecule has 0 amide bonds. The Morgan fingerprint density at radius 3 is 2.40 bits per heavy atom. The second-order valence-electron chi connectivity index (χ2n) is 6.54. The molecule has 0 aromatic carbocycles. The number of nitrogens with one attached hydrogen (secondary N) is 3. The first-order valence-corrected chi connectivity index (χ1v) is 8.16. The van der Waals surface area contributed by atoms with Gasteiger partial charge in [0.05, 0.1) is 24.8 Å². The second kappa shape index (κ2) is 8.61. The predicted octanol–water partition coefficient (Wildman–Crippen LogP) is 2.86. The zero-order chi connectivity index (χ0) is 15.0. The van der Waals surface area contributed by atoms with E-state index in [1.54, 1.807) is 0 Å². The van der Waals surface area contributed by atoms with Crippen molar-refractivity contribution in [1.29, 1.82) is 5.26 Å². The van der Waals surface area contributed by atoms with Gasteiger partial charge in [0.15, 0.2) is 0 Å². The number of hydrogen-bond acceptors (Lipinski definition) is 4. The summed E-state index contributed by atoms with van der Waals surface area (Å²) in [6.07, 6.45) is 8.43. The summed E-state index contributed by atoms with van der Waals surface area (Å²) in [5, 5.41) is 19.6. The summed E-state index contributed by atoms with van der Waals surface area (Å²) < 4.78 is 0. The van der Waals surface area contributed by atoms with Crippen LogP contribution in [0, 0.1) is 11.3 Å². The number of hydrogen-bond donors (Lipinski definition) is 3. The molecule has 0 saturated heterocycles. The van der Waals surface area contributed by atoms with Crippen LogP contribution >= 0.6 is 0 Å². The topological polar surface area (TPSA) is 59.9 Å². The van der Waals surface area contributed by atoms with Gasteiger partial charge in [-0.25, -0.2) is 0 Å². The first kappa shape index (κ1) is 17.4. The Labute approximate surface area is 124 Å². The highest BCUT2D eigenvalue weighted by Crippen LogP contribution is 2.34. The van der Waals surface area contributed by atoms with Crippen molar-refractivity contribution >= 4 is 0 Å². The Hall–Kier alpha value is -0.630. The van der Waals surface area contributed by atoms with E-state index in [2.05, 4.69) is 49.7 Å². The normalized spacial score (nSPS) is 20.9. The fraction of sp³-hybridized carbons (Fsp3) is 0.938. The largest absolute Gasteiger partial charge is 0.298 e. The van der Waals surface area contributed by atoms with E-state index in [1.807, 2.05) is 0 Å². The molecule has 3 unspecified atom stereocenters. The van der Waals surface area contributed by atoms with E-state index in [-0.39, 0.29) is 6.17 Å². The molecule has 1 aliphatic carbocycles. The van der Waals surface area contributed by atoms with Crippen molar-refractivity contribution in [2.75, 3.05) is 0 Å². The average Bonchev–Trinajstić information content (AvgIpc) is 3.06. The van der Waals surface area contributed by atoms with Crippen LogP contribution in [-0.2, 0) is 0 Å². The standard InChI is InChI=1S/C16H32N4/c1-5-6-7-8-15(9-12-17)19-13(2)18-14(3)20-16(4)10-11-16/h13-15,18-20H,5-11H2,1-4H3. The fourth-order valence-corrected chi connectivity index (χ4v) is 2.67. The molecular weight excluding hydrogens is 248 g/mol. The van der Waals surface area contributed by atoms with Crippen molar-refractivity contribution in [1.82, 2.24) is 16.0 Å². The maximum Gasteiger partial charge on any atom is 0.0638 e. The van der Waals surface area contributed by atoms with E-state index in [0.717, 1.165) is 6.42 Å². The SMILES string of the molecule is CCCCCC(CC#N)NC(C)NC(C)NC1(C)CC1. The minimum absolute atomic E-state index is 0.222. The van der Waals surface area contributed by atoms with Gasteiger partial charge in [0, 0.05) is 11.6 Å². The maximum atomic E-state index is 8.93. The number of rotatable bonds is 11. The summed E-state index contributed by atoms with van der Waals surface area (Å²) in [7, 11) is 0. The zero-order valence-electron chi connectivity index (χ0n) is 13.6. The summed E-state index contributed by atoms with van der Waals surface area (Å²) in [5.74, 6) is 0. The minimum atomic E-state index is 0.222. The lowest BCUT2D eigenvalue weighted by molar-refractivity contribution is 0.304. The van der Waals surface area contributed by atoms with Gasteiger partial charge >= 0.3 is 0 Å². The van der Waals surface area contributed by atoms with Gasteiger partial charge < -0.3 is 0 Å². The minimum Gasteiger partial charge on any atom is -0.298 e. The molecule has 0 heterocycles. The number of unbranched alkanes of at least 4 members (excludes halogenated alkanes) is 2. The van der Waals surface area contributed by atoms with E-state index in [1.165, 1.54) is 32.1 Å². The van der Waals surface area contributed by atoms with Gasteiger partial charge in [0.2, 0.25) is 0 Å². The van der Waals surface area contributed by atoms with E-state index in [0.29, 0.717) is 24.2 Å². The van der Waals surface area contributed by atoms with Crippen LogP contribution in [0.2, 0.25) is 0 Å². The Balaban J connectivity index is 2.25. The Bertz CT molecular complexity index is 306. The molecule has 0 aliphatic heterocycles. The molecule has 0 radical (unpaired) electrons. The summed E-state index contributed by atoms with van der Waals surface area (Å²) >= 11 is 0. The van der Waals surface area contributed by atoms with Gasteiger partial charge in [-0.3, -0.25) is 16.0 Å².